The first-order valence-electron chi connectivity index (χ1n) is 3.18. The summed E-state index contributed by atoms with van der Waals surface area (Å²) < 4.78 is 25.5. The molecule has 0 radical (unpaired) electrons. The SMILES string of the molecule is CC(=O)C(F)(C(C)=O)C(C)F. The van der Waals surface area contributed by atoms with Crippen molar-refractivity contribution in [3.63, 3.8) is 0 Å². The number of carbonyl (C=O) groups excluding carboxylic acids is 2. The lowest BCUT2D eigenvalue weighted by molar-refractivity contribution is -0.145. The second-order valence-corrected chi connectivity index (χ2v) is 2.44. The first-order valence-corrected chi connectivity index (χ1v) is 3.18. The number of rotatable bonds is 3. The molecule has 0 fully saturated rings. The van der Waals surface area contributed by atoms with E-state index in [9.17, 15) is 18.4 Å². The highest BCUT2D eigenvalue weighted by atomic mass is 19.2. The van der Waals surface area contributed by atoms with Crippen LogP contribution in [0, 0.1) is 0 Å². The molecule has 0 bridgehead atoms. The molecule has 0 saturated heterocycles. The zero-order chi connectivity index (χ0) is 9.23. The van der Waals surface area contributed by atoms with E-state index in [4.69, 9.17) is 0 Å². The van der Waals surface area contributed by atoms with E-state index < -0.39 is 23.4 Å². The van der Waals surface area contributed by atoms with E-state index in [0.29, 0.717) is 0 Å². The van der Waals surface area contributed by atoms with E-state index in [0.717, 1.165) is 20.8 Å². The Morgan fingerprint density at radius 1 is 1.27 bits per heavy atom. The Kier molecular flexibility index (Phi) is 2.84. The van der Waals surface area contributed by atoms with Crippen LogP contribution < -0.4 is 0 Å². The molecule has 0 aliphatic carbocycles. The lowest BCUT2D eigenvalue weighted by Gasteiger charge is -2.19. The molecule has 2 nitrogen and oxygen atoms in total. The summed E-state index contributed by atoms with van der Waals surface area (Å²) in [5, 5.41) is 0. The molecule has 0 N–H and O–H groups in total. The van der Waals surface area contributed by atoms with Gasteiger partial charge in [0, 0.05) is 0 Å². The van der Waals surface area contributed by atoms with Gasteiger partial charge in [0.05, 0.1) is 0 Å². The molecular weight excluding hydrogens is 154 g/mol. The zero-order valence-corrected chi connectivity index (χ0v) is 6.65. The van der Waals surface area contributed by atoms with E-state index in [1.807, 2.05) is 0 Å². The Labute approximate surface area is 63.6 Å². The average molecular weight is 164 g/mol. The topological polar surface area (TPSA) is 34.1 Å². The molecule has 0 aliphatic rings. The maximum absolute atomic E-state index is 13.1. The zero-order valence-electron chi connectivity index (χ0n) is 6.65. The van der Waals surface area contributed by atoms with Crippen molar-refractivity contribution >= 4 is 11.6 Å². The van der Waals surface area contributed by atoms with E-state index in [1.165, 1.54) is 0 Å². The Bertz CT molecular complexity index is 173. The average Bonchev–Trinajstić information content (AvgIpc) is 1.84. The lowest BCUT2D eigenvalue weighted by atomic mass is 9.92. The van der Waals surface area contributed by atoms with Crippen molar-refractivity contribution < 1.29 is 18.4 Å². The van der Waals surface area contributed by atoms with Crippen molar-refractivity contribution in [1.82, 2.24) is 0 Å². The fourth-order valence-electron chi connectivity index (χ4n) is 0.808. The molecule has 64 valence electrons. The molecule has 0 aliphatic heterocycles. The Morgan fingerprint density at radius 3 is 1.55 bits per heavy atom. The maximum atomic E-state index is 13.1. The van der Waals surface area contributed by atoms with Gasteiger partial charge in [0.1, 0.15) is 6.17 Å². The van der Waals surface area contributed by atoms with Crippen LogP contribution in [0.25, 0.3) is 0 Å². The lowest BCUT2D eigenvalue weighted by Crippen LogP contribution is -2.46. The van der Waals surface area contributed by atoms with Crippen molar-refractivity contribution in [3.05, 3.63) is 0 Å². The second kappa shape index (κ2) is 3.07. The summed E-state index contributed by atoms with van der Waals surface area (Å²) in [6.45, 7) is 2.57. The quantitative estimate of drug-likeness (QED) is 0.588. The van der Waals surface area contributed by atoms with Crippen LogP contribution in [-0.4, -0.2) is 23.4 Å². The molecule has 0 heterocycles. The minimum Gasteiger partial charge on any atom is -0.296 e. The molecule has 0 aromatic rings. The summed E-state index contributed by atoms with van der Waals surface area (Å²) >= 11 is 0. The summed E-state index contributed by atoms with van der Waals surface area (Å²) in [6.07, 6.45) is -2.09. The van der Waals surface area contributed by atoms with Gasteiger partial charge in [0.2, 0.25) is 0 Å². The van der Waals surface area contributed by atoms with Gasteiger partial charge in [0.25, 0.3) is 5.67 Å². The van der Waals surface area contributed by atoms with Crippen LogP contribution in [-0.2, 0) is 9.59 Å². The van der Waals surface area contributed by atoms with Crippen LogP contribution in [0.1, 0.15) is 20.8 Å². The Hall–Kier alpha value is -0.800. The normalized spacial score (nSPS) is 14.3. The summed E-state index contributed by atoms with van der Waals surface area (Å²) in [7, 11) is 0. The van der Waals surface area contributed by atoms with Crippen LogP contribution in [0.5, 0.6) is 0 Å². The molecule has 0 spiro atoms. The molecule has 11 heavy (non-hydrogen) atoms. The van der Waals surface area contributed by atoms with Crippen LogP contribution in [0.2, 0.25) is 0 Å². The number of ketones is 2. The van der Waals surface area contributed by atoms with Crippen molar-refractivity contribution in [2.45, 2.75) is 32.6 Å². The minimum atomic E-state index is -2.94. The van der Waals surface area contributed by atoms with Gasteiger partial charge in [-0.2, -0.15) is 0 Å². The molecule has 1 unspecified atom stereocenters. The van der Waals surface area contributed by atoms with Gasteiger partial charge < -0.3 is 0 Å². The molecule has 0 amide bonds. The highest BCUT2D eigenvalue weighted by Gasteiger charge is 2.46. The van der Waals surface area contributed by atoms with Crippen LogP contribution in [0.15, 0.2) is 0 Å². The number of Topliss-reactive ketones (excluding diaryl/α,β-unsaturated/α-hetero) is 2. The van der Waals surface area contributed by atoms with Crippen molar-refractivity contribution in [1.29, 1.82) is 0 Å². The summed E-state index contributed by atoms with van der Waals surface area (Å²) in [5.41, 5.74) is -2.94. The molecule has 0 saturated carbocycles. The molecule has 4 heteroatoms. The maximum Gasteiger partial charge on any atom is 0.255 e. The monoisotopic (exact) mass is 164 g/mol. The van der Waals surface area contributed by atoms with Crippen LogP contribution in [0.4, 0.5) is 8.78 Å². The van der Waals surface area contributed by atoms with Gasteiger partial charge in [0.15, 0.2) is 11.6 Å². The third-order valence-electron chi connectivity index (χ3n) is 1.57. The standard InChI is InChI=1S/C7H10F2O2/c1-4(8)7(9,5(2)10)6(3)11/h4H,1-3H3. The van der Waals surface area contributed by atoms with Gasteiger partial charge in [-0.3, -0.25) is 9.59 Å². The number of hydrogen-bond acceptors (Lipinski definition) is 2. The second-order valence-electron chi connectivity index (χ2n) is 2.44. The first kappa shape index (κ1) is 10.2. The fourth-order valence-corrected chi connectivity index (χ4v) is 0.808. The Balaban J connectivity index is 4.82. The van der Waals surface area contributed by atoms with Gasteiger partial charge in [-0.15, -0.1) is 0 Å². The van der Waals surface area contributed by atoms with E-state index in [2.05, 4.69) is 0 Å². The highest BCUT2D eigenvalue weighted by molar-refractivity contribution is 6.09. The summed E-state index contributed by atoms with van der Waals surface area (Å²) in [6, 6.07) is 0. The van der Waals surface area contributed by atoms with E-state index in [-0.39, 0.29) is 0 Å². The van der Waals surface area contributed by atoms with Gasteiger partial charge in [-0.05, 0) is 20.8 Å². The molecule has 0 aromatic heterocycles. The number of alkyl halides is 2. The third-order valence-corrected chi connectivity index (χ3v) is 1.57. The van der Waals surface area contributed by atoms with Gasteiger partial charge in [-0.25, -0.2) is 8.78 Å². The van der Waals surface area contributed by atoms with Gasteiger partial charge in [-0.1, -0.05) is 0 Å². The van der Waals surface area contributed by atoms with Crippen LogP contribution in [0.3, 0.4) is 0 Å². The van der Waals surface area contributed by atoms with Crippen molar-refractivity contribution in [2.75, 3.05) is 0 Å². The first-order chi connectivity index (χ1) is 4.83. The van der Waals surface area contributed by atoms with E-state index in [1.54, 1.807) is 0 Å². The molecule has 0 aromatic carbocycles. The predicted octanol–water partition coefficient (Wildman–Crippen LogP) is 1.23. The largest absolute Gasteiger partial charge is 0.296 e. The third kappa shape index (κ3) is 1.61. The molecule has 0 rings (SSSR count). The minimum absolute atomic E-state index is 0.850. The number of carbonyl (C=O) groups is 2. The van der Waals surface area contributed by atoms with Crippen molar-refractivity contribution in [2.24, 2.45) is 0 Å². The molecular formula is C7H10F2O2. The van der Waals surface area contributed by atoms with E-state index >= 15 is 0 Å². The van der Waals surface area contributed by atoms with Crippen LogP contribution >= 0.6 is 0 Å². The fraction of sp³-hybridized carbons (Fsp3) is 0.714. The summed E-state index contributed by atoms with van der Waals surface area (Å²) in [5.74, 6) is -2.17. The molecule has 1 atom stereocenters. The van der Waals surface area contributed by atoms with Crippen molar-refractivity contribution in [3.8, 4) is 0 Å². The number of hydrogen-bond donors (Lipinski definition) is 0. The number of halogens is 2. The summed E-state index contributed by atoms with van der Waals surface area (Å²) in [4.78, 5) is 21.0. The predicted molar refractivity (Wildman–Crippen MR) is 35.8 cm³/mol. The Morgan fingerprint density at radius 2 is 1.55 bits per heavy atom. The smallest absolute Gasteiger partial charge is 0.255 e. The highest BCUT2D eigenvalue weighted by Crippen LogP contribution is 2.21. The van der Waals surface area contributed by atoms with Gasteiger partial charge >= 0.3 is 0 Å².